The highest BCUT2D eigenvalue weighted by Gasteiger charge is 2.31. The van der Waals surface area contributed by atoms with Gasteiger partial charge in [-0.2, -0.15) is 0 Å². The van der Waals surface area contributed by atoms with Crippen LogP contribution in [0.4, 0.5) is 5.69 Å². The summed E-state index contributed by atoms with van der Waals surface area (Å²) in [5.41, 5.74) is 3.92. The second kappa shape index (κ2) is 9.45. The van der Waals surface area contributed by atoms with Crippen LogP contribution in [0.5, 0.6) is 5.75 Å². The molecular formula is C25H23N3O2S. The summed E-state index contributed by atoms with van der Waals surface area (Å²) in [7, 11) is 0. The Kier molecular flexibility index (Phi) is 6.29. The van der Waals surface area contributed by atoms with Crippen molar-refractivity contribution < 1.29 is 9.53 Å². The van der Waals surface area contributed by atoms with Crippen LogP contribution in [-0.4, -0.2) is 11.0 Å². The number of thiocarbonyl (C=S) groups is 1. The minimum Gasteiger partial charge on any atom is -0.489 e. The maximum Gasteiger partial charge on any atom is 0.255 e. The number of benzene rings is 3. The number of amides is 1. The molecule has 156 valence electrons. The summed E-state index contributed by atoms with van der Waals surface area (Å²) < 4.78 is 6.14. The average molecular weight is 430 g/mol. The lowest BCUT2D eigenvalue weighted by atomic mass is 9.94. The Labute approximate surface area is 187 Å². The average Bonchev–Trinajstić information content (AvgIpc) is 2.78. The van der Waals surface area contributed by atoms with E-state index in [1.165, 1.54) is 0 Å². The van der Waals surface area contributed by atoms with Gasteiger partial charge in [0, 0.05) is 16.9 Å². The van der Waals surface area contributed by atoms with Crippen LogP contribution in [0.3, 0.4) is 0 Å². The number of nitrogens with one attached hydrogen (secondary N) is 3. The third-order valence-electron chi connectivity index (χ3n) is 5.01. The molecule has 1 heterocycles. The molecule has 3 aromatic carbocycles. The smallest absolute Gasteiger partial charge is 0.255 e. The van der Waals surface area contributed by atoms with Crippen LogP contribution in [0.15, 0.2) is 96.2 Å². The van der Waals surface area contributed by atoms with Crippen LogP contribution in [0.25, 0.3) is 0 Å². The molecule has 1 atom stereocenters. The van der Waals surface area contributed by atoms with E-state index in [1.54, 1.807) is 0 Å². The zero-order chi connectivity index (χ0) is 21.6. The highest BCUT2D eigenvalue weighted by Crippen LogP contribution is 2.34. The second-order valence-corrected chi connectivity index (χ2v) is 7.61. The molecule has 1 aliphatic rings. The highest BCUT2D eigenvalue weighted by molar-refractivity contribution is 7.80. The molecule has 0 bridgehead atoms. The van der Waals surface area contributed by atoms with E-state index >= 15 is 0 Å². The molecule has 0 fully saturated rings. The summed E-state index contributed by atoms with van der Waals surface area (Å²) in [6, 6.07) is 26.6. The van der Waals surface area contributed by atoms with Gasteiger partial charge in [0.15, 0.2) is 5.11 Å². The van der Waals surface area contributed by atoms with Crippen LogP contribution < -0.4 is 20.7 Å². The normalized spacial score (nSPS) is 15.6. The van der Waals surface area contributed by atoms with Crippen molar-refractivity contribution in [2.24, 2.45) is 0 Å². The predicted molar refractivity (Wildman–Crippen MR) is 127 cm³/mol. The summed E-state index contributed by atoms with van der Waals surface area (Å²) in [6.07, 6.45) is 0. The van der Waals surface area contributed by atoms with E-state index in [-0.39, 0.29) is 5.91 Å². The monoisotopic (exact) mass is 429 g/mol. The summed E-state index contributed by atoms with van der Waals surface area (Å²) in [4.78, 5) is 13.2. The standard InChI is InChI=1S/C25H23N3O2S/c1-17-22(24(29)27-19-12-6-3-7-13-19)23(28-25(31)26-17)20-14-8-9-15-21(20)30-16-18-10-4-2-5-11-18/h2-15,23H,16H2,1H3,(H,27,29)(H2,26,28,31). The topological polar surface area (TPSA) is 62.4 Å². The number of hydrogen-bond acceptors (Lipinski definition) is 3. The van der Waals surface area contributed by atoms with Gasteiger partial charge >= 0.3 is 0 Å². The molecule has 3 aromatic rings. The van der Waals surface area contributed by atoms with E-state index in [9.17, 15) is 4.79 Å². The fourth-order valence-corrected chi connectivity index (χ4v) is 3.80. The highest BCUT2D eigenvalue weighted by atomic mass is 32.1. The fourth-order valence-electron chi connectivity index (χ4n) is 3.53. The molecular weight excluding hydrogens is 406 g/mol. The van der Waals surface area contributed by atoms with Crippen molar-refractivity contribution in [3.63, 3.8) is 0 Å². The first-order valence-corrected chi connectivity index (χ1v) is 10.4. The van der Waals surface area contributed by atoms with Gasteiger partial charge in [-0.15, -0.1) is 0 Å². The van der Waals surface area contributed by atoms with Crippen LogP contribution in [-0.2, 0) is 11.4 Å². The molecule has 3 N–H and O–H groups in total. The Morgan fingerprint density at radius 3 is 2.35 bits per heavy atom. The number of ether oxygens (including phenoxy) is 1. The molecule has 0 saturated heterocycles. The van der Waals surface area contributed by atoms with Crippen molar-refractivity contribution in [1.29, 1.82) is 0 Å². The van der Waals surface area contributed by atoms with E-state index in [0.29, 0.717) is 28.7 Å². The summed E-state index contributed by atoms with van der Waals surface area (Å²) in [6.45, 7) is 2.29. The van der Waals surface area contributed by atoms with Crippen molar-refractivity contribution in [1.82, 2.24) is 10.6 Å². The Hall–Kier alpha value is -3.64. The maximum atomic E-state index is 13.2. The van der Waals surface area contributed by atoms with E-state index in [2.05, 4.69) is 16.0 Å². The fraction of sp³-hybridized carbons (Fsp3) is 0.120. The van der Waals surface area contributed by atoms with E-state index in [4.69, 9.17) is 17.0 Å². The van der Waals surface area contributed by atoms with Gasteiger partial charge in [-0.25, -0.2) is 0 Å². The van der Waals surface area contributed by atoms with Gasteiger partial charge in [-0.3, -0.25) is 4.79 Å². The van der Waals surface area contributed by atoms with Crippen LogP contribution >= 0.6 is 12.2 Å². The molecule has 0 spiro atoms. The van der Waals surface area contributed by atoms with Crippen molar-refractivity contribution in [3.8, 4) is 5.75 Å². The number of rotatable bonds is 6. The van der Waals surface area contributed by atoms with E-state index < -0.39 is 6.04 Å². The zero-order valence-electron chi connectivity index (χ0n) is 17.1. The van der Waals surface area contributed by atoms with Crippen molar-refractivity contribution in [2.75, 3.05) is 5.32 Å². The molecule has 5 nitrogen and oxygen atoms in total. The van der Waals surface area contributed by atoms with Gasteiger partial charge < -0.3 is 20.7 Å². The van der Waals surface area contributed by atoms with Gasteiger partial charge in [0.25, 0.3) is 5.91 Å². The molecule has 1 aliphatic heterocycles. The Morgan fingerprint density at radius 2 is 1.61 bits per heavy atom. The second-order valence-electron chi connectivity index (χ2n) is 7.20. The van der Waals surface area contributed by atoms with Crippen molar-refractivity contribution >= 4 is 28.9 Å². The van der Waals surface area contributed by atoms with Crippen molar-refractivity contribution in [3.05, 3.63) is 107 Å². The molecule has 1 unspecified atom stereocenters. The molecule has 4 rings (SSSR count). The molecule has 31 heavy (non-hydrogen) atoms. The van der Waals surface area contributed by atoms with Crippen LogP contribution in [0.2, 0.25) is 0 Å². The van der Waals surface area contributed by atoms with Crippen LogP contribution in [0, 0.1) is 0 Å². The first kappa shape index (κ1) is 20.6. The van der Waals surface area contributed by atoms with Gasteiger partial charge in [0.2, 0.25) is 0 Å². The SMILES string of the molecule is CC1=C(C(=O)Nc2ccccc2)C(c2ccccc2OCc2ccccc2)NC(=S)N1. The Morgan fingerprint density at radius 1 is 0.968 bits per heavy atom. The van der Waals surface area contributed by atoms with Gasteiger partial charge in [-0.05, 0) is 42.9 Å². The van der Waals surface area contributed by atoms with E-state index in [1.807, 2.05) is 91.9 Å². The number of allylic oxidation sites excluding steroid dienone is 1. The first-order valence-electron chi connectivity index (χ1n) is 10.0. The third kappa shape index (κ3) is 4.92. The minimum absolute atomic E-state index is 0.200. The molecule has 0 aliphatic carbocycles. The lowest BCUT2D eigenvalue weighted by molar-refractivity contribution is -0.113. The summed E-state index contributed by atoms with van der Waals surface area (Å²) in [5, 5.41) is 9.75. The zero-order valence-corrected chi connectivity index (χ0v) is 17.9. The Bertz CT molecular complexity index is 1110. The van der Waals surface area contributed by atoms with Gasteiger partial charge in [0.1, 0.15) is 12.4 Å². The summed E-state index contributed by atoms with van der Waals surface area (Å²) >= 11 is 5.38. The molecule has 1 amide bonds. The number of hydrogen-bond donors (Lipinski definition) is 3. The minimum atomic E-state index is -0.440. The van der Waals surface area contributed by atoms with Gasteiger partial charge in [-0.1, -0.05) is 66.7 Å². The predicted octanol–water partition coefficient (Wildman–Crippen LogP) is 4.70. The third-order valence-corrected chi connectivity index (χ3v) is 5.23. The quantitative estimate of drug-likeness (QED) is 0.496. The Balaban J connectivity index is 1.64. The summed E-state index contributed by atoms with van der Waals surface area (Å²) in [5.74, 6) is 0.500. The maximum absolute atomic E-state index is 13.2. The largest absolute Gasteiger partial charge is 0.489 e. The first-order chi connectivity index (χ1) is 15.1. The van der Waals surface area contributed by atoms with Gasteiger partial charge in [0.05, 0.1) is 11.6 Å². The number of carbonyl (C=O) groups excluding carboxylic acids is 1. The van der Waals surface area contributed by atoms with E-state index in [0.717, 1.165) is 16.8 Å². The van der Waals surface area contributed by atoms with Crippen molar-refractivity contribution in [2.45, 2.75) is 19.6 Å². The van der Waals surface area contributed by atoms with Crippen LogP contribution in [0.1, 0.15) is 24.1 Å². The molecule has 0 radical (unpaired) electrons. The number of anilines is 1. The molecule has 0 saturated carbocycles. The molecule has 0 aromatic heterocycles. The lowest BCUT2D eigenvalue weighted by Crippen LogP contribution is -2.45. The number of carbonyl (C=O) groups is 1. The number of para-hydroxylation sites is 2. The lowest BCUT2D eigenvalue weighted by Gasteiger charge is -2.31. The molecule has 6 heteroatoms.